The molecule has 0 bridgehead atoms. The number of ether oxygens (including phenoxy) is 3. The van der Waals surface area contributed by atoms with E-state index in [-0.39, 0.29) is 5.92 Å². The fourth-order valence-electron chi connectivity index (χ4n) is 2.75. The SMILES string of the molecule is CCOc1ccc(CC(CN)c2cccc(OC)c2)c(OCC)c1. The monoisotopic (exact) mass is 329 g/mol. The number of hydrogen-bond donors (Lipinski definition) is 1. The Morgan fingerprint density at radius 3 is 2.42 bits per heavy atom. The van der Waals surface area contributed by atoms with Crippen molar-refractivity contribution in [3.8, 4) is 17.2 Å². The fraction of sp³-hybridized carbons (Fsp3) is 0.400. The van der Waals surface area contributed by atoms with E-state index in [9.17, 15) is 0 Å². The normalized spacial score (nSPS) is 11.8. The van der Waals surface area contributed by atoms with Crippen molar-refractivity contribution < 1.29 is 14.2 Å². The van der Waals surface area contributed by atoms with E-state index >= 15 is 0 Å². The van der Waals surface area contributed by atoms with E-state index in [0.717, 1.165) is 29.2 Å². The van der Waals surface area contributed by atoms with Gasteiger partial charge < -0.3 is 19.9 Å². The number of hydrogen-bond acceptors (Lipinski definition) is 4. The van der Waals surface area contributed by atoms with Gasteiger partial charge in [-0.3, -0.25) is 0 Å². The van der Waals surface area contributed by atoms with Crippen LogP contribution in [0.3, 0.4) is 0 Å². The lowest BCUT2D eigenvalue weighted by Crippen LogP contribution is -2.15. The third-order valence-electron chi connectivity index (χ3n) is 3.97. The van der Waals surface area contributed by atoms with Gasteiger partial charge in [-0.1, -0.05) is 18.2 Å². The molecule has 2 N–H and O–H groups in total. The van der Waals surface area contributed by atoms with Gasteiger partial charge in [0.1, 0.15) is 17.2 Å². The molecule has 0 spiro atoms. The molecule has 2 aromatic carbocycles. The van der Waals surface area contributed by atoms with Gasteiger partial charge in [-0.25, -0.2) is 0 Å². The Kier molecular flexibility index (Phi) is 6.94. The third-order valence-corrected chi connectivity index (χ3v) is 3.97. The number of benzene rings is 2. The summed E-state index contributed by atoms with van der Waals surface area (Å²) < 4.78 is 16.7. The maximum absolute atomic E-state index is 6.04. The first kappa shape index (κ1) is 18.1. The van der Waals surface area contributed by atoms with Crippen LogP contribution in [0.1, 0.15) is 30.9 Å². The molecule has 0 fully saturated rings. The summed E-state index contributed by atoms with van der Waals surface area (Å²) in [6.07, 6.45) is 0.811. The molecule has 2 rings (SSSR count). The van der Waals surface area contributed by atoms with Gasteiger partial charge in [-0.15, -0.1) is 0 Å². The molecule has 0 radical (unpaired) electrons. The molecule has 0 aromatic heterocycles. The third kappa shape index (κ3) is 4.65. The van der Waals surface area contributed by atoms with Crippen LogP contribution in [-0.2, 0) is 6.42 Å². The lowest BCUT2D eigenvalue weighted by molar-refractivity contribution is 0.320. The highest BCUT2D eigenvalue weighted by Gasteiger charge is 2.15. The summed E-state index contributed by atoms with van der Waals surface area (Å²) in [5.41, 5.74) is 8.35. The van der Waals surface area contributed by atoms with Gasteiger partial charge in [0.15, 0.2) is 0 Å². The second-order valence-electron chi connectivity index (χ2n) is 5.55. The molecule has 4 nitrogen and oxygen atoms in total. The summed E-state index contributed by atoms with van der Waals surface area (Å²) in [6.45, 7) is 5.78. The van der Waals surface area contributed by atoms with Crippen LogP contribution in [0.2, 0.25) is 0 Å². The summed E-state index contributed by atoms with van der Waals surface area (Å²) in [4.78, 5) is 0. The molecule has 0 aliphatic heterocycles. The summed E-state index contributed by atoms with van der Waals surface area (Å²) >= 11 is 0. The highest BCUT2D eigenvalue weighted by molar-refractivity contribution is 5.42. The van der Waals surface area contributed by atoms with E-state index in [0.29, 0.717) is 19.8 Å². The lowest BCUT2D eigenvalue weighted by atomic mass is 9.91. The Hall–Kier alpha value is -2.20. The predicted molar refractivity (Wildman–Crippen MR) is 97.3 cm³/mol. The van der Waals surface area contributed by atoms with Crippen LogP contribution in [0.25, 0.3) is 0 Å². The molecule has 0 aliphatic carbocycles. The van der Waals surface area contributed by atoms with Crippen molar-refractivity contribution in [2.24, 2.45) is 5.73 Å². The minimum absolute atomic E-state index is 0.206. The Morgan fingerprint density at radius 2 is 1.75 bits per heavy atom. The first-order chi connectivity index (χ1) is 11.7. The highest BCUT2D eigenvalue weighted by atomic mass is 16.5. The molecular weight excluding hydrogens is 302 g/mol. The average Bonchev–Trinajstić information content (AvgIpc) is 2.61. The van der Waals surface area contributed by atoms with E-state index in [2.05, 4.69) is 12.1 Å². The van der Waals surface area contributed by atoms with Crippen molar-refractivity contribution in [3.63, 3.8) is 0 Å². The van der Waals surface area contributed by atoms with Gasteiger partial charge in [0.25, 0.3) is 0 Å². The molecule has 0 saturated carbocycles. The zero-order valence-electron chi connectivity index (χ0n) is 14.7. The Labute approximate surface area is 144 Å². The second-order valence-corrected chi connectivity index (χ2v) is 5.55. The van der Waals surface area contributed by atoms with Gasteiger partial charge in [0, 0.05) is 12.0 Å². The van der Waals surface area contributed by atoms with Crippen molar-refractivity contribution >= 4 is 0 Å². The lowest BCUT2D eigenvalue weighted by Gasteiger charge is -2.19. The zero-order valence-corrected chi connectivity index (χ0v) is 14.7. The predicted octanol–water partition coefficient (Wildman–Crippen LogP) is 3.78. The first-order valence-corrected chi connectivity index (χ1v) is 8.44. The summed E-state index contributed by atoms with van der Waals surface area (Å²) in [5.74, 6) is 2.75. The maximum atomic E-state index is 6.04. The van der Waals surface area contributed by atoms with Crippen molar-refractivity contribution in [1.29, 1.82) is 0 Å². The second kappa shape index (κ2) is 9.18. The summed E-state index contributed by atoms with van der Waals surface area (Å²) in [6, 6.07) is 14.1. The van der Waals surface area contributed by atoms with Crippen LogP contribution in [0.5, 0.6) is 17.2 Å². The standard InChI is InChI=1S/C20H27NO3/c1-4-23-19-10-9-16(20(13-19)24-5-2)11-17(14-21)15-7-6-8-18(12-15)22-3/h6-10,12-13,17H,4-5,11,14,21H2,1-3H3. The van der Waals surface area contributed by atoms with Crippen LogP contribution in [-0.4, -0.2) is 26.9 Å². The molecule has 0 amide bonds. The van der Waals surface area contributed by atoms with Crippen LogP contribution in [0.4, 0.5) is 0 Å². The van der Waals surface area contributed by atoms with E-state index in [1.807, 2.05) is 44.2 Å². The van der Waals surface area contributed by atoms with Crippen LogP contribution in [0.15, 0.2) is 42.5 Å². The molecule has 1 atom stereocenters. The van der Waals surface area contributed by atoms with E-state index < -0.39 is 0 Å². The van der Waals surface area contributed by atoms with Crippen molar-refractivity contribution in [3.05, 3.63) is 53.6 Å². The first-order valence-electron chi connectivity index (χ1n) is 8.44. The van der Waals surface area contributed by atoms with Crippen molar-refractivity contribution in [1.82, 2.24) is 0 Å². The van der Waals surface area contributed by atoms with E-state index in [4.69, 9.17) is 19.9 Å². The highest BCUT2D eigenvalue weighted by Crippen LogP contribution is 2.31. The molecule has 0 heterocycles. The molecule has 0 saturated heterocycles. The minimum atomic E-state index is 0.206. The van der Waals surface area contributed by atoms with Crippen molar-refractivity contribution in [2.45, 2.75) is 26.2 Å². The Balaban J connectivity index is 2.25. The van der Waals surface area contributed by atoms with Crippen molar-refractivity contribution in [2.75, 3.05) is 26.9 Å². The van der Waals surface area contributed by atoms with Crippen LogP contribution in [0, 0.1) is 0 Å². The molecule has 130 valence electrons. The maximum Gasteiger partial charge on any atom is 0.126 e. The minimum Gasteiger partial charge on any atom is -0.497 e. The molecular formula is C20H27NO3. The van der Waals surface area contributed by atoms with Gasteiger partial charge in [-0.2, -0.15) is 0 Å². The van der Waals surface area contributed by atoms with Gasteiger partial charge >= 0.3 is 0 Å². The summed E-state index contributed by atoms with van der Waals surface area (Å²) in [7, 11) is 1.68. The topological polar surface area (TPSA) is 53.7 Å². The smallest absolute Gasteiger partial charge is 0.126 e. The van der Waals surface area contributed by atoms with E-state index in [1.54, 1.807) is 7.11 Å². The van der Waals surface area contributed by atoms with Crippen LogP contribution >= 0.6 is 0 Å². The average molecular weight is 329 g/mol. The van der Waals surface area contributed by atoms with E-state index in [1.165, 1.54) is 5.56 Å². The quantitative estimate of drug-likeness (QED) is 0.761. The molecule has 0 aliphatic rings. The molecule has 1 unspecified atom stereocenters. The molecule has 24 heavy (non-hydrogen) atoms. The summed E-state index contributed by atoms with van der Waals surface area (Å²) in [5, 5.41) is 0. The number of methoxy groups -OCH3 is 1. The largest absolute Gasteiger partial charge is 0.497 e. The molecule has 4 heteroatoms. The Bertz CT molecular complexity index is 643. The number of rotatable bonds is 9. The molecule has 2 aromatic rings. The van der Waals surface area contributed by atoms with Gasteiger partial charge in [-0.05, 0) is 56.1 Å². The fourth-order valence-corrected chi connectivity index (χ4v) is 2.75. The van der Waals surface area contributed by atoms with Crippen LogP contribution < -0.4 is 19.9 Å². The van der Waals surface area contributed by atoms with Gasteiger partial charge in [0.05, 0.1) is 20.3 Å². The number of nitrogens with two attached hydrogens (primary N) is 1. The Morgan fingerprint density at radius 1 is 0.958 bits per heavy atom. The van der Waals surface area contributed by atoms with Gasteiger partial charge in [0.2, 0.25) is 0 Å². The zero-order chi connectivity index (χ0) is 17.4.